The Balaban J connectivity index is 1.62. The maximum atomic E-state index is 12.4. The quantitative estimate of drug-likeness (QED) is 0.813. The second-order valence-corrected chi connectivity index (χ2v) is 7.35. The van der Waals surface area contributed by atoms with Gasteiger partial charge >= 0.3 is 0 Å². The van der Waals surface area contributed by atoms with Gasteiger partial charge < -0.3 is 9.80 Å². The predicted molar refractivity (Wildman–Crippen MR) is 92.0 cm³/mol. The van der Waals surface area contributed by atoms with Gasteiger partial charge in [-0.1, -0.05) is 6.42 Å². The maximum Gasteiger partial charge on any atom is 0.225 e. The van der Waals surface area contributed by atoms with Crippen LogP contribution in [0.5, 0.6) is 0 Å². The number of rotatable bonds is 3. The summed E-state index contributed by atoms with van der Waals surface area (Å²) < 4.78 is 0.818. The minimum Gasteiger partial charge on any atom is -0.355 e. The summed E-state index contributed by atoms with van der Waals surface area (Å²) in [5, 5.41) is 9.29. The lowest BCUT2D eigenvalue weighted by atomic mass is 9.84. The number of pyridine rings is 1. The Kier molecular flexibility index (Phi) is 4.86. The van der Waals surface area contributed by atoms with Crippen LogP contribution in [-0.4, -0.2) is 42.0 Å². The molecule has 1 saturated carbocycles. The van der Waals surface area contributed by atoms with Crippen molar-refractivity contribution in [1.82, 2.24) is 9.88 Å². The Labute approximate surface area is 145 Å². The van der Waals surface area contributed by atoms with E-state index in [1.807, 2.05) is 11.9 Å². The van der Waals surface area contributed by atoms with Gasteiger partial charge in [0, 0.05) is 42.8 Å². The third-order valence-corrected chi connectivity index (χ3v) is 5.50. The van der Waals surface area contributed by atoms with Crippen LogP contribution in [0.4, 0.5) is 5.82 Å². The highest BCUT2D eigenvalue weighted by molar-refractivity contribution is 9.10. The van der Waals surface area contributed by atoms with Crippen molar-refractivity contribution in [2.24, 2.45) is 5.92 Å². The van der Waals surface area contributed by atoms with Crippen molar-refractivity contribution in [2.75, 3.05) is 25.0 Å². The maximum absolute atomic E-state index is 12.4. The third kappa shape index (κ3) is 3.35. The largest absolute Gasteiger partial charge is 0.355 e. The number of amides is 1. The van der Waals surface area contributed by atoms with Gasteiger partial charge in [0.2, 0.25) is 5.91 Å². The second-order valence-electron chi connectivity index (χ2n) is 6.43. The molecule has 122 valence electrons. The topological polar surface area (TPSA) is 60.2 Å². The first-order valence-corrected chi connectivity index (χ1v) is 8.96. The van der Waals surface area contributed by atoms with Gasteiger partial charge in [0.15, 0.2) is 0 Å². The van der Waals surface area contributed by atoms with Crippen LogP contribution in [-0.2, 0) is 4.79 Å². The van der Waals surface area contributed by atoms with E-state index in [9.17, 15) is 10.1 Å². The molecule has 6 heteroatoms. The van der Waals surface area contributed by atoms with Crippen LogP contribution in [0, 0.1) is 17.2 Å². The smallest absolute Gasteiger partial charge is 0.225 e. The molecule has 0 bridgehead atoms. The predicted octanol–water partition coefficient (Wildman–Crippen LogP) is 2.94. The Hall–Kier alpha value is -1.61. The van der Waals surface area contributed by atoms with Crippen LogP contribution < -0.4 is 4.90 Å². The van der Waals surface area contributed by atoms with E-state index in [0.29, 0.717) is 17.5 Å². The van der Waals surface area contributed by atoms with Crippen LogP contribution in [0.2, 0.25) is 0 Å². The van der Waals surface area contributed by atoms with Crippen molar-refractivity contribution in [3.63, 3.8) is 0 Å². The first-order chi connectivity index (χ1) is 11.1. The molecule has 2 fully saturated rings. The normalized spacial score (nSPS) is 19.1. The summed E-state index contributed by atoms with van der Waals surface area (Å²) in [6, 6.07) is 4.33. The molecule has 0 aromatic carbocycles. The molecule has 0 spiro atoms. The van der Waals surface area contributed by atoms with Crippen LogP contribution in [0.1, 0.15) is 37.7 Å². The molecule has 2 aliphatic rings. The summed E-state index contributed by atoms with van der Waals surface area (Å²) in [5.41, 5.74) is 0.594. The fraction of sp³-hybridized carbons (Fsp3) is 0.588. The molecule has 1 saturated heterocycles. The standard InChI is InChI=1S/C17H21BrN4O/c1-21(17(23)12-3-2-4-12)15-5-7-22(8-6-15)16-13(10-19)9-14(18)11-20-16/h9,11-12,15H,2-8H2,1H3. The van der Waals surface area contributed by atoms with E-state index in [2.05, 4.69) is 31.9 Å². The average Bonchev–Trinajstić information content (AvgIpc) is 2.52. The molecule has 1 aliphatic carbocycles. The summed E-state index contributed by atoms with van der Waals surface area (Å²) in [6.45, 7) is 1.66. The number of carbonyl (C=O) groups is 1. The number of carbonyl (C=O) groups excluding carboxylic acids is 1. The van der Waals surface area contributed by atoms with Gasteiger partial charge in [-0.05, 0) is 47.7 Å². The lowest BCUT2D eigenvalue weighted by Gasteiger charge is -2.39. The fourth-order valence-corrected chi connectivity index (χ4v) is 3.69. The Morgan fingerprint density at radius 3 is 2.65 bits per heavy atom. The number of hydrogen-bond acceptors (Lipinski definition) is 4. The van der Waals surface area contributed by atoms with Gasteiger partial charge in [0.1, 0.15) is 11.9 Å². The van der Waals surface area contributed by atoms with Gasteiger partial charge in [0.05, 0.1) is 5.56 Å². The van der Waals surface area contributed by atoms with Crippen LogP contribution in [0.25, 0.3) is 0 Å². The number of halogens is 1. The van der Waals surface area contributed by atoms with E-state index < -0.39 is 0 Å². The van der Waals surface area contributed by atoms with Gasteiger partial charge in [-0.15, -0.1) is 0 Å². The van der Waals surface area contributed by atoms with Crippen molar-refractivity contribution in [3.8, 4) is 6.07 Å². The minimum atomic E-state index is 0.261. The first kappa shape index (κ1) is 16.3. The van der Waals surface area contributed by atoms with E-state index in [4.69, 9.17) is 0 Å². The molecule has 1 aromatic heterocycles. The molecule has 1 aliphatic heterocycles. The lowest BCUT2D eigenvalue weighted by molar-refractivity contribution is -0.139. The van der Waals surface area contributed by atoms with Gasteiger partial charge in [-0.3, -0.25) is 4.79 Å². The molecule has 0 atom stereocenters. The zero-order chi connectivity index (χ0) is 16.4. The third-order valence-electron chi connectivity index (χ3n) is 5.07. The van der Waals surface area contributed by atoms with E-state index in [1.165, 1.54) is 6.42 Å². The van der Waals surface area contributed by atoms with Crippen LogP contribution >= 0.6 is 15.9 Å². The lowest BCUT2D eigenvalue weighted by Crippen LogP contribution is -2.48. The highest BCUT2D eigenvalue weighted by Crippen LogP contribution is 2.30. The molecular weight excluding hydrogens is 356 g/mol. The molecule has 0 radical (unpaired) electrons. The molecule has 0 N–H and O–H groups in total. The van der Waals surface area contributed by atoms with Crippen molar-refractivity contribution >= 4 is 27.7 Å². The molecule has 0 unspecified atom stereocenters. The fourth-order valence-electron chi connectivity index (χ4n) is 3.35. The second kappa shape index (κ2) is 6.88. The molecule has 1 amide bonds. The highest BCUT2D eigenvalue weighted by atomic mass is 79.9. The van der Waals surface area contributed by atoms with E-state index in [0.717, 1.165) is 49.1 Å². The number of anilines is 1. The van der Waals surface area contributed by atoms with Crippen molar-refractivity contribution in [2.45, 2.75) is 38.1 Å². The van der Waals surface area contributed by atoms with Crippen molar-refractivity contribution in [1.29, 1.82) is 5.26 Å². The Morgan fingerprint density at radius 2 is 2.09 bits per heavy atom. The number of nitrogens with zero attached hydrogens (tertiary/aromatic N) is 4. The monoisotopic (exact) mass is 376 g/mol. The molecule has 5 nitrogen and oxygen atoms in total. The van der Waals surface area contributed by atoms with Gasteiger partial charge in [-0.2, -0.15) is 5.26 Å². The number of aromatic nitrogens is 1. The number of nitriles is 1. The van der Waals surface area contributed by atoms with Crippen molar-refractivity contribution in [3.05, 3.63) is 22.3 Å². The highest BCUT2D eigenvalue weighted by Gasteiger charge is 2.32. The van der Waals surface area contributed by atoms with E-state index in [-0.39, 0.29) is 5.92 Å². The summed E-state index contributed by atoms with van der Waals surface area (Å²) >= 11 is 3.36. The zero-order valence-corrected chi connectivity index (χ0v) is 14.9. The van der Waals surface area contributed by atoms with Crippen LogP contribution in [0.15, 0.2) is 16.7 Å². The summed E-state index contributed by atoms with van der Waals surface area (Å²) in [4.78, 5) is 20.9. The zero-order valence-electron chi connectivity index (χ0n) is 13.3. The summed E-state index contributed by atoms with van der Waals surface area (Å²) in [5.74, 6) is 1.33. The van der Waals surface area contributed by atoms with Gasteiger partial charge in [-0.25, -0.2) is 4.98 Å². The number of hydrogen-bond donors (Lipinski definition) is 0. The minimum absolute atomic E-state index is 0.261. The van der Waals surface area contributed by atoms with Crippen LogP contribution in [0.3, 0.4) is 0 Å². The molecule has 2 heterocycles. The summed E-state index contributed by atoms with van der Waals surface area (Å²) in [7, 11) is 1.94. The molecule has 1 aromatic rings. The summed E-state index contributed by atoms with van der Waals surface area (Å²) in [6.07, 6.45) is 6.88. The Morgan fingerprint density at radius 1 is 1.39 bits per heavy atom. The SMILES string of the molecule is CN(C(=O)C1CCC1)C1CCN(c2ncc(Br)cc2C#N)CC1. The average molecular weight is 377 g/mol. The van der Waals surface area contributed by atoms with Crippen molar-refractivity contribution < 1.29 is 4.79 Å². The molecule has 3 rings (SSSR count). The molecular formula is C17H21BrN4O. The van der Waals surface area contributed by atoms with Gasteiger partial charge in [0.25, 0.3) is 0 Å². The number of piperidine rings is 1. The molecule has 23 heavy (non-hydrogen) atoms. The first-order valence-electron chi connectivity index (χ1n) is 8.17. The van der Waals surface area contributed by atoms with E-state index >= 15 is 0 Å². The van der Waals surface area contributed by atoms with E-state index in [1.54, 1.807) is 12.3 Å². The Bertz CT molecular complexity index is 630.